The minimum absolute atomic E-state index is 0.181. The summed E-state index contributed by atoms with van der Waals surface area (Å²) >= 11 is 0. The lowest BCUT2D eigenvalue weighted by atomic mass is 10.1. The lowest BCUT2D eigenvalue weighted by molar-refractivity contribution is -0.803. The number of fused-ring (bicyclic) bond motifs is 1. The van der Waals surface area contributed by atoms with Gasteiger partial charge in [0.05, 0.1) is 6.61 Å². The molecule has 1 N–H and O–H groups in total. The lowest BCUT2D eigenvalue weighted by Crippen LogP contribution is -2.54. The van der Waals surface area contributed by atoms with Gasteiger partial charge in [0.1, 0.15) is 10.8 Å². The van der Waals surface area contributed by atoms with Crippen molar-refractivity contribution in [2.75, 3.05) is 6.61 Å². The highest BCUT2D eigenvalue weighted by Gasteiger charge is 2.33. The second kappa shape index (κ2) is 5.24. The van der Waals surface area contributed by atoms with Crippen LogP contribution in [0.5, 0.6) is 0 Å². The molecule has 2 rings (SSSR count). The summed E-state index contributed by atoms with van der Waals surface area (Å²) in [5.74, 6) is 0. The highest BCUT2D eigenvalue weighted by Crippen LogP contribution is 2.41. The summed E-state index contributed by atoms with van der Waals surface area (Å²) < 4.78 is 19.2. The van der Waals surface area contributed by atoms with Crippen LogP contribution in [-0.2, 0) is 14.6 Å². The van der Waals surface area contributed by atoms with Crippen molar-refractivity contribution in [1.82, 2.24) is 5.10 Å². The molecular weight excluding hydrogens is 275 g/mol. The standard InChI is InChI=1S/C14H19N2O3P/c1-5-19-20(17,18)13-10-16(14(2,3)4)15-12-9-7-6-8-11(12)13/h6-10H,5H2,1-4H3/p+1. The Balaban J connectivity index is 2.77. The van der Waals surface area contributed by atoms with Gasteiger partial charge in [0, 0.05) is 31.3 Å². The molecule has 5 nitrogen and oxygen atoms in total. The molecule has 1 aromatic heterocycles. The van der Waals surface area contributed by atoms with Crippen LogP contribution in [0.3, 0.4) is 0 Å². The van der Waals surface area contributed by atoms with E-state index in [0.29, 0.717) is 16.2 Å². The molecule has 2 aromatic rings. The fourth-order valence-electron chi connectivity index (χ4n) is 1.92. The highest BCUT2D eigenvalue weighted by molar-refractivity contribution is 7.61. The summed E-state index contributed by atoms with van der Waals surface area (Å²) in [6.07, 6.45) is 1.61. The van der Waals surface area contributed by atoms with Crippen molar-refractivity contribution in [2.24, 2.45) is 0 Å². The van der Waals surface area contributed by atoms with Gasteiger partial charge in [0.25, 0.3) is 0 Å². The normalized spacial score (nSPS) is 15.2. The van der Waals surface area contributed by atoms with E-state index in [1.807, 2.05) is 39.0 Å². The van der Waals surface area contributed by atoms with Crippen molar-refractivity contribution in [1.29, 1.82) is 0 Å². The van der Waals surface area contributed by atoms with Gasteiger partial charge in [-0.05, 0) is 13.0 Å². The first-order chi connectivity index (χ1) is 9.25. The van der Waals surface area contributed by atoms with Gasteiger partial charge in [0.15, 0.2) is 5.54 Å². The maximum atomic E-state index is 12.4. The first-order valence-electron chi connectivity index (χ1n) is 6.56. The molecule has 0 amide bonds. The molecule has 1 aromatic carbocycles. The van der Waals surface area contributed by atoms with Crippen LogP contribution in [0.1, 0.15) is 27.7 Å². The van der Waals surface area contributed by atoms with E-state index in [1.54, 1.807) is 23.9 Å². The minimum Gasteiger partial charge on any atom is -0.321 e. The van der Waals surface area contributed by atoms with Crippen LogP contribution in [0.2, 0.25) is 0 Å². The average Bonchev–Trinajstić information content (AvgIpc) is 2.36. The zero-order chi connectivity index (χ0) is 15.0. The van der Waals surface area contributed by atoms with Crippen molar-refractivity contribution in [2.45, 2.75) is 33.2 Å². The van der Waals surface area contributed by atoms with Crippen LogP contribution in [0.25, 0.3) is 10.9 Å². The van der Waals surface area contributed by atoms with Crippen LogP contribution in [0.4, 0.5) is 0 Å². The van der Waals surface area contributed by atoms with E-state index in [1.165, 1.54) is 0 Å². The average molecular weight is 295 g/mol. The number of aromatic nitrogens is 2. The summed E-state index contributed by atoms with van der Waals surface area (Å²) in [7, 11) is -3.85. The Kier molecular flexibility index (Phi) is 3.96. The van der Waals surface area contributed by atoms with Gasteiger partial charge < -0.3 is 9.42 Å². The maximum Gasteiger partial charge on any atom is 0.365 e. The number of benzene rings is 1. The van der Waals surface area contributed by atoms with Crippen molar-refractivity contribution in [3.05, 3.63) is 30.5 Å². The van der Waals surface area contributed by atoms with Gasteiger partial charge in [-0.2, -0.15) is 0 Å². The molecule has 1 unspecified atom stereocenters. The summed E-state index contributed by atoms with van der Waals surface area (Å²) in [6, 6.07) is 7.29. The van der Waals surface area contributed by atoms with Crippen molar-refractivity contribution >= 4 is 23.8 Å². The molecule has 0 aliphatic rings. The third-order valence-electron chi connectivity index (χ3n) is 2.94. The molecule has 0 radical (unpaired) electrons. The number of nitrogens with zero attached hydrogens (tertiary/aromatic N) is 2. The van der Waals surface area contributed by atoms with Crippen LogP contribution in [0.15, 0.2) is 30.5 Å². The zero-order valence-electron chi connectivity index (χ0n) is 12.2. The smallest absolute Gasteiger partial charge is 0.321 e. The summed E-state index contributed by atoms with van der Waals surface area (Å²) in [6.45, 7) is 7.84. The molecule has 0 spiro atoms. The van der Waals surface area contributed by atoms with Crippen molar-refractivity contribution in [3.63, 3.8) is 0 Å². The van der Waals surface area contributed by atoms with Crippen molar-refractivity contribution < 1.29 is 18.7 Å². The van der Waals surface area contributed by atoms with Gasteiger partial charge in [0.2, 0.25) is 6.20 Å². The zero-order valence-corrected chi connectivity index (χ0v) is 13.1. The Morgan fingerprint density at radius 2 is 2.00 bits per heavy atom. The lowest BCUT2D eigenvalue weighted by Gasteiger charge is -2.15. The van der Waals surface area contributed by atoms with Gasteiger partial charge >= 0.3 is 7.60 Å². The largest absolute Gasteiger partial charge is 0.365 e. The fourth-order valence-corrected chi connectivity index (χ4v) is 3.16. The summed E-state index contributed by atoms with van der Waals surface area (Å²) in [5, 5.41) is 5.45. The molecule has 0 saturated carbocycles. The van der Waals surface area contributed by atoms with Crippen LogP contribution in [0, 0.1) is 0 Å². The van der Waals surface area contributed by atoms with Gasteiger partial charge in [-0.25, -0.2) is 0 Å². The second-order valence-electron chi connectivity index (χ2n) is 5.59. The minimum atomic E-state index is -3.85. The van der Waals surface area contributed by atoms with Crippen LogP contribution in [-0.4, -0.2) is 16.6 Å². The van der Waals surface area contributed by atoms with Gasteiger partial charge in [-0.1, -0.05) is 22.9 Å². The van der Waals surface area contributed by atoms with E-state index in [0.717, 1.165) is 0 Å². The van der Waals surface area contributed by atoms with E-state index in [2.05, 4.69) is 5.10 Å². The molecule has 0 aliphatic carbocycles. The Hall–Kier alpha value is -1.29. The third kappa shape index (κ3) is 2.90. The van der Waals surface area contributed by atoms with E-state index >= 15 is 0 Å². The number of rotatable bonds is 3. The molecule has 0 saturated heterocycles. The first-order valence-corrected chi connectivity index (χ1v) is 8.13. The molecule has 0 aliphatic heterocycles. The van der Waals surface area contributed by atoms with Gasteiger partial charge in [-0.15, -0.1) is 0 Å². The Morgan fingerprint density at radius 1 is 1.35 bits per heavy atom. The Bertz CT molecular complexity index is 680. The van der Waals surface area contributed by atoms with E-state index in [-0.39, 0.29) is 12.1 Å². The maximum absolute atomic E-state index is 12.4. The van der Waals surface area contributed by atoms with Crippen LogP contribution >= 0.6 is 7.60 Å². The second-order valence-corrected chi connectivity index (χ2v) is 7.37. The Morgan fingerprint density at radius 3 is 2.60 bits per heavy atom. The molecule has 1 atom stereocenters. The van der Waals surface area contributed by atoms with Gasteiger partial charge in [-0.3, -0.25) is 4.57 Å². The molecule has 108 valence electrons. The quantitative estimate of drug-likeness (QED) is 0.696. The molecular formula is C14H20N2O3P+. The van der Waals surface area contributed by atoms with Crippen molar-refractivity contribution in [3.8, 4) is 0 Å². The van der Waals surface area contributed by atoms with E-state index in [4.69, 9.17) is 4.52 Å². The topological polar surface area (TPSA) is 63.3 Å². The molecule has 6 heteroatoms. The first kappa shape index (κ1) is 15.1. The fraction of sp³-hybridized carbons (Fsp3) is 0.429. The number of hydrogen-bond donors (Lipinski definition) is 1. The summed E-state index contributed by atoms with van der Waals surface area (Å²) in [4.78, 5) is 10.2. The Labute approximate surface area is 118 Å². The highest BCUT2D eigenvalue weighted by atomic mass is 31.2. The van der Waals surface area contributed by atoms with Crippen LogP contribution < -0.4 is 9.99 Å². The molecule has 0 bridgehead atoms. The predicted octanol–water partition coefficient (Wildman–Crippen LogP) is 2.12. The van der Waals surface area contributed by atoms with E-state index in [9.17, 15) is 9.46 Å². The predicted molar refractivity (Wildman–Crippen MR) is 78.0 cm³/mol. The van der Waals surface area contributed by atoms with E-state index < -0.39 is 7.60 Å². The summed E-state index contributed by atoms with van der Waals surface area (Å²) in [5.41, 5.74) is 0.388. The monoisotopic (exact) mass is 295 g/mol. The molecule has 1 heterocycles. The number of hydrogen-bond acceptors (Lipinski definition) is 3. The molecule has 20 heavy (non-hydrogen) atoms. The SMILES string of the molecule is CCOP(=O)(O)c1c[n+](C(C)(C)C)nc2ccccc12. The third-order valence-corrected chi connectivity index (χ3v) is 4.51. The molecule has 0 fully saturated rings.